The van der Waals surface area contributed by atoms with Gasteiger partial charge in [0.2, 0.25) is 0 Å². The van der Waals surface area contributed by atoms with Gasteiger partial charge in [0.05, 0.1) is 0 Å². The van der Waals surface area contributed by atoms with Gasteiger partial charge < -0.3 is 5.32 Å². The Kier molecular flexibility index (Phi) is 1.74. The number of likely N-dealkylation sites (N-methyl/N-ethyl adjacent to an activating group) is 1. The Morgan fingerprint density at radius 3 is 3.00 bits per heavy atom. The van der Waals surface area contributed by atoms with Crippen molar-refractivity contribution in [2.24, 2.45) is 0 Å². The van der Waals surface area contributed by atoms with Crippen LogP contribution < -0.4 is 5.32 Å². The number of nitrogens with one attached hydrogen (secondary N) is 1. The molecule has 1 nitrogen and oxygen atoms in total. The topological polar surface area (TPSA) is 12.0 Å². The van der Waals surface area contributed by atoms with Gasteiger partial charge in [-0.1, -0.05) is 30.9 Å². The SMILES string of the molecule is C=Cc1ccc2c(c1)CC2NC. The number of fused-ring (bicyclic) bond motifs is 1. The Hall–Kier alpha value is -1.08. The molecule has 1 unspecified atom stereocenters. The maximum Gasteiger partial charge on any atom is 0.0361 e. The summed E-state index contributed by atoms with van der Waals surface area (Å²) in [7, 11) is 2.01. The number of benzene rings is 1. The molecule has 0 aliphatic heterocycles. The third-order valence-electron chi connectivity index (χ3n) is 2.55. The lowest BCUT2D eigenvalue weighted by Crippen LogP contribution is -2.28. The lowest BCUT2D eigenvalue weighted by molar-refractivity contribution is 0.530. The quantitative estimate of drug-likeness (QED) is 0.697. The van der Waals surface area contributed by atoms with Crippen LogP contribution in [0, 0.1) is 0 Å². The van der Waals surface area contributed by atoms with Crippen LogP contribution in [0.2, 0.25) is 0 Å². The van der Waals surface area contributed by atoms with Gasteiger partial charge in [0.1, 0.15) is 0 Å². The van der Waals surface area contributed by atoms with Crippen LogP contribution in [-0.2, 0) is 6.42 Å². The van der Waals surface area contributed by atoms with Crippen molar-refractivity contribution >= 4 is 6.08 Å². The van der Waals surface area contributed by atoms with Crippen LogP contribution >= 0.6 is 0 Å². The van der Waals surface area contributed by atoms with Crippen molar-refractivity contribution in [2.75, 3.05) is 7.05 Å². The summed E-state index contributed by atoms with van der Waals surface area (Å²) < 4.78 is 0. The van der Waals surface area contributed by atoms with Gasteiger partial charge in [-0.15, -0.1) is 0 Å². The molecule has 0 saturated carbocycles. The standard InChI is InChI=1S/C11H13N/c1-3-8-4-5-10-9(6-8)7-11(10)12-2/h3-6,11-12H,1,7H2,2H3. The van der Waals surface area contributed by atoms with Crippen LogP contribution in [0.4, 0.5) is 0 Å². The van der Waals surface area contributed by atoms with Gasteiger partial charge in [0, 0.05) is 6.04 Å². The van der Waals surface area contributed by atoms with E-state index in [-0.39, 0.29) is 0 Å². The normalized spacial score (nSPS) is 19.6. The first-order valence-electron chi connectivity index (χ1n) is 4.27. The van der Waals surface area contributed by atoms with E-state index >= 15 is 0 Å². The van der Waals surface area contributed by atoms with Crippen molar-refractivity contribution in [1.82, 2.24) is 5.32 Å². The largest absolute Gasteiger partial charge is 0.313 e. The first-order valence-corrected chi connectivity index (χ1v) is 4.27. The molecule has 0 heterocycles. The van der Waals surface area contributed by atoms with Gasteiger partial charge in [-0.2, -0.15) is 0 Å². The molecule has 0 radical (unpaired) electrons. The molecule has 62 valence electrons. The smallest absolute Gasteiger partial charge is 0.0361 e. The Balaban J connectivity index is 2.34. The highest BCUT2D eigenvalue weighted by atomic mass is 14.9. The van der Waals surface area contributed by atoms with Crippen LogP contribution in [0.25, 0.3) is 6.08 Å². The first kappa shape index (κ1) is 7.56. The first-order chi connectivity index (χ1) is 5.85. The number of hydrogen-bond donors (Lipinski definition) is 1. The molecule has 1 aromatic rings. The third-order valence-corrected chi connectivity index (χ3v) is 2.55. The summed E-state index contributed by atoms with van der Waals surface area (Å²) in [6, 6.07) is 7.11. The van der Waals surface area contributed by atoms with E-state index in [4.69, 9.17) is 0 Å². The second-order valence-corrected chi connectivity index (χ2v) is 3.21. The summed E-state index contributed by atoms with van der Waals surface area (Å²) in [6.07, 6.45) is 3.06. The van der Waals surface area contributed by atoms with Crippen LogP contribution in [0.1, 0.15) is 22.7 Å². The average molecular weight is 159 g/mol. The second-order valence-electron chi connectivity index (χ2n) is 3.21. The molecule has 0 saturated heterocycles. The Morgan fingerprint density at radius 2 is 2.42 bits per heavy atom. The van der Waals surface area contributed by atoms with Gasteiger partial charge in [0.15, 0.2) is 0 Å². The highest BCUT2D eigenvalue weighted by Crippen LogP contribution is 2.33. The predicted octanol–water partition coefficient (Wildman–Crippen LogP) is 2.15. The summed E-state index contributed by atoms with van der Waals surface area (Å²) in [4.78, 5) is 0. The lowest BCUT2D eigenvalue weighted by atomic mass is 9.82. The van der Waals surface area contributed by atoms with Gasteiger partial charge >= 0.3 is 0 Å². The highest BCUT2D eigenvalue weighted by molar-refractivity contribution is 5.53. The van der Waals surface area contributed by atoms with E-state index in [2.05, 4.69) is 30.1 Å². The Labute approximate surface area is 73.1 Å². The molecular formula is C11H13N. The number of hydrogen-bond acceptors (Lipinski definition) is 1. The average Bonchev–Trinajstić information content (AvgIpc) is 2.07. The van der Waals surface area contributed by atoms with E-state index in [1.165, 1.54) is 16.7 Å². The van der Waals surface area contributed by atoms with Crippen molar-refractivity contribution in [1.29, 1.82) is 0 Å². The maximum atomic E-state index is 3.75. The zero-order chi connectivity index (χ0) is 8.55. The van der Waals surface area contributed by atoms with Crippen LogP contribution in [0.15, 0.2) is 24.8 Å². The summed E-state index contributed by atoms with van der Waals surface area (Å²) in [5.74, 6) is 0. The molecule has 1 aliphatic carbocycles. The molecule has 1 aromatic carbocycles. The van der Waals surface area contributed by atoms with Crippen molar-refractivity contribution < 1.29 is 0 Å². The minimum atomic E-state index is 0.582. The van der Waals surface area contributed by atoms with Gasteiger partial charge in [-0.25, -0.2) is 0 Å². The maximum absolute atomic E-state index is 3.75. The number of rotatable bonds is 2. The van der Waals surface area contributed by atoms with Gasteiger partial charge in [0.25, 0.3) is 0 Å². The molecule has 2 rings (SSSR count). The minimum absolute atomic E-state index is 0.582. The van der Waals surface area contributed by atoms with Gasteiger partial charge in [-0.3, -0.25) is 0 Å². The van der Waals surface area contributed by atoms with E-state index in [9.17, 15) is 0 Å². The monoisotopic (exact) mass is 159 g/mol. The molecule has 0 amide bonds. The third kappa shape index (κ3) is 0.978. The van der Waals surface area contributed by atoms with Crippen molar-refractivity contribution in [3.05, 3.63) is 41.5 Å². The summed E-state index contributed by atoms with van der Waals surface area (Å²) in [5.41, 5.74) is 4.14. The molecule has 1 atom stereocenters. The molecule has 0 spiro atoms. The van der Waals surface area contributed by atoms with E-state index in [1.807, 2.05) is 13.1 Å². The fraction of sp³-hybridized carbons (Fsp3) is 0.273. The zero-order valence-electron chi connectivity index (χ0n) is 7.30. The van der Waals surface area contributed by atoms with E-state index in [0.29, 0.717) is 6.04 Å². The van der Waals surface area contributed by atoms with Crippen molar-refractivity contribution in [3.8, 4) is 0 Å². The fourth-order valence-electron chi connectivity index (χ4n) is 1.73. The summed E-state index contributed by atoms with van der Waals surface area (Å²) in [6.45, 7) is 3.75. The predicted molar refractivity (Wildman–Crippen MR) is 52.0 cm³/mol. The second kappa shape index (κ2) is 2.76. The summed E-state index contributed by atoms with van der Waals surface area (Å²) in [5, 5.41) is 3.27. The molecule has 0 bridgehead atoms. The van der Waals surface area contributed by atoms with Gasteiger partial charge in [-0.05, 0) is 30.2 Å². The zero-order valence-corrected chi connectivity index (χ0v) is 7.30. The lowest BCUT2D eigenvalue weighted by Gasteiger charge is -2.30. The van der Waals surface area contributed by atoms with E-state index in [1.54, 1.807) is 0 Å². The van der Waals surface area contributed by atoms with Crippen molar-refractivity contribution in [3.63, 3.8) is 0 Å². The molecular weight excluding hydrogens is 146 g/mol. The van der Waals surface area contributed by atoms with Crippen LogP contribution in [0.5, 0.6) is 0 Å². The molecule has 1 N–H and O–H groups in total. The molecule has 0 fully saturated rings. The Morgan fingerprint density at radius 1 is 1.58 bits per heavy atom. The minimum Gasteiger partial charge on any atom is -0.313 e. The summed E-state index contributed by atoms with van der Waals surface area (Å²) >= 11 is 0. The highest BCUT2D eigenvalue weighted by Gasteiger charge is 2.23. The Bertz CT molecular complexity index is 315. The van der Waals surface area contributed by atoms with E-state index < -0.39 is 0 Å². The van der Waals surface area contributed by atoms with Crippen LogP contribution in [-0.4, -0.2) is 7.05 Å². The van der Waals surface area contributed by atoms with Crippen LogP contribution in [0.3, 0.4) is 0 Å². The molecule has 0 aromatic heterocycles. The molecule has 1 heteroatoms. The molecule has 1 aliphatic rings. The van der Waals surface area contributed by atoms with Crippen molar-refractivity contribution in [2.45, 2.75) is 12.5 Å². The van der Waals surface area contributed by atoms with E-state index in [0.717, 1.165) is 6.42 Å². The fourth-order valence-corrected chi connectivity index (χ4v) is 1.73. The molecule has 12 heavy (non-hydrogen) atoms.